The summed E-state index contributed by atoms with van der Waals surface area (Å²) in [6, 6.07) is 20.6. The third-order valence-corrected chi connectivity index (χ3v) is 6.68. The van der Waals surface area contributed by atoms with Gasteiger partial charge in [0.25, 0.3) is 0 Å². The maximum atomic E-state index is 12.6. The fourth-order valence-corrected chi connectivity index (χ4v) is 5.06. The molecule has 0 bridgehead atoms. The lowest BCUT2D eigenvalue weighted by Crippen LogP contribution is -2.31. The number of hydrogen-bond donors (Lipinski definition) is 2. The highest BCUT2D eigenvalue weighted by Crippen LogP contribution is 2.39. The Morgan fingerprint density at radius 2 is 1.94 bits per heavy atom. The largest absolute Gasteiger partial charge is 0.325 e. The minimum absolute atomic E-state index is 0.0328. The summed E-state index contributed by atoms with van der Waals surface area (Å²) in [5.41, 5.74) is 1.74. The fourth-order valence-electron chi connectivity index (χ4n) is 3.64. The minimum Gasteiger partial charge on any atom is -0.325 e. The van der Waals surface area contributed by atoms with Gasteiger partial charge in [0, 0.05) is 33.5 Å². The second-order valence-corrected chi connectivity index (χ2v) is 9.02. The number of halogens is 2. The van der Waals surface area contributed by atoms with Crippen molar-refractivity contribution in [3.63, 3.8) is 0 Å². The summed E-state index contributed by atoms with van der Waals surface area (Å²) in [6.45, 7) is 0. The van der Waals surface area contributed by atoms with Crippen LogP contribution in [0.15, 0.2) is 71.3 Å². The average Bonchev–Trinajstić information content (AvgIpc) is 2.77. The number of fused-ring (bicyclic) bond motifs is 1. The molecular weight excluding hydrogens is 465 g/mol. The zero-order valence-electron chi connectivity index (χ0n) is 16.7. The Morgan fingerprint density at radius 3 is 2.72 bits per heavy atom. The van der Waals surface area contributed by atoms with E-state index in [4.69, 9.17) is 23.2 Å². The Bertz CT molecular complexity index is 1290. The van der Waals surface area contributed by atoms with Crippen LogP contribution in [0.1, 0.15) is 17.9 Å². The first-order chi connectivity index (χ1) is 15.5. The number of amides is 2. The van der Waals surface area contributed by atoms with Crippen LogP contribution in [-0.4, -0.2) is 17.6 Å². The number of anilines is 1. The summed E-state index contributed by atoms with van der Waals surface area (Å²) in [7, 11) is 0. The molecule has 1 atom stereocenters. The Morgan fingerprint density at radius 1 is 1.16 bits per heavy atom. The molecular formula is C24H17Cl2N3O2S. The van der Waals surface area contributed by atoms with Crippen LogP contribution in [0.5, 0.6) is 0 Å². The van der Waals surface area contributed by atoms with Gasteiger partial charge in [-0.1, -0.05) is 77.4 Å². The van der Waals surface area contributed by atoms with E-state index in [0.717, 1.165) is 22.5 Å². The molecule has 3 aromatic carbocycles. The molecule has 2 N–H and O–H groups in total. The number of nitriles is 1. The van der Waals surface area contributed by atoms with Gasteiger partial charge in [-0.25, -0.2) is 0 Å². The smallest absolute Gasteiger partial charge is 0.234 e. The van der Waals surface area contributed by atoms with E-state index in [-0.39, 0.29) is 24.0 Å². The first-order valence-corrected chi connectivity index (χ1v) is 11.5. The van der Waals surface area contributed by atoms with Gasteiger partial charge in [-0.2, -0.15) is 5.26 Å². The van der Waals surface area contributed by atoms with E-state index in [1.54, 1.807) is 18.2 Å². The minimum atomic E-state index is -0.498. The monoisotopic (exact) mass is 481 g/mol. The van der Waals surface area contributed by atoms with Crippen molar-refractivity contribution in [3.05, 3.63) is 86.9 Å². The van der Waals surface area contributed by atoms with Gasteiger partial charge in [0.1, 0.15) is 0 Å². The molecule has 0 aromatic heterocycles. The zero-order chi connectivity index (χ0) is 22.7. The van der Waals surface area contributed by atoms with Gasteiger partial charge in [0.05, 0.1) is 22.4 Å². The van der Waals surface area contributed by atoms with Gasteiger partial charge < -0.3 is 10.6 Å². The maximum absolute atomic E-state index is 12.6. The molecule has 0 aliphatic carbocycles. The van der Waals surface area contributed by atoms with Gasteiger partial charge in [-0.3, -0.25) is 9.59 Å². The third-order valence-electron chi connectivity index (χ3n) is 5.11. The van der Waals surface area contributed by atoms with Crippen molar-refractivity contribution in [2.75, 3.05) is 11.1 Å². The molecule has 3 aromatic rings. The van der Waals surface area contributed by atoms with Gasteiger partial charge in [-0.05, 0) is 29.1 Å². The summed E-state index contributed by atoms with van der Waals surface area (Å²) in [5.74, 6) is -0.943. The van der Waals surface area contributed by atoms with E-state index in [1.807, 2.05) is 42.5 Å². The molecule has 5 nitrogen and oxygen atoms in total. The van der Waals surface area contributed by atoms with Gasteiger partial charge in [0.2, 0.25) is 11.8 Å². The van der Waals surface area contributed by atoms with Crippen molar-refractivity contribution in [1.82, 2.24) is 5.32 Å². The van der Waals surface area contributed by atoms with Crippen LogP contribution in [0.3, 0.4) is 0 Å². The first-order valence-electron chi connectivity index (χ1n) is 9.75. The third kappa shape index (κ3) is 4.76. The lowest BCUT2D eigenvalue weighted by atomic mass is 9.87. The highest BCUT2D eigenvalue weighted by molar-refractivity contribution is 8.03. The number of nitrogens with one attached hydrogen (secondary N) is 2. The summed E-state index contributed by atoms with van der Waals surface area (Å²) in [6.07, 6.45) is 0.0938. The van der Waals surface area contributed by atoms with Crippen LogP contribution in [-0.2, 0) is 9.59 Å². The molecule has 1 aliphatic rings. The summed E-state index contributed by atoms with van der Waals surface area (Å²) in [5, 5.41) is 18.6. The first kappa shape index (κ1) is 22.2. The maximum Gasteiger partial charge on any atom is 0.234 e. The molecule has 0 fully saturated rings. The Hall–Kier alpha value is -2.98. The van der Waals surface area contributed by atoms with E-state index >= 15 is 0 Å². The topological polar surface area (TPSA) is 82.0 Å². The molecule has 1 heterocycles. The average molecular weight is 482 g/mol. The van der Waals surface area contributed by atoms with Crippen molar-refractivity contribution in [1.29, 1.82) is 5.26 Å². The Labute approximate surface area is 199 Å². The molecule has 160 valence electrons. The summed E-state index contributed by atoms with van der Waals surface area (Å²) < 4.78 is 0. The number of rotatable bonds is 5. The van der Waals surface area contributed by atoms with Gasteiger partial charge in [0.15, 0.2) is 0 Å². The lowest BCUT2D eigenvalue weighted by Gasteiger charge is -2.25. The molecule has 1 aliphatic heterocycles. The number of hydrogen-bond acceptors (Lipinski definition) is 4. The van der Waals surface area contributed by atoms with Crippen LogP contribution < -0.4 is 10.6 Å². The number of carbonyl (C=O) groups is 2. The van der Waals surface area contributed by atoms with Crippen LogP contribution in [0, 0.1) is 11.3 Å². The molecule has 4 rings (SSSR count). The van der Waals surface area contributed by atoms with Crippen LogP contribution in [0.4, 0.5) is 5.69 Å². The predicted octanol–water partition coefficient (Wildman–Crippen LogP) is 5.86. The summed E-state index contributed by atoms with van der Waals surface area (Å²) in [4.78, 5) is 25.0. The Kier molecular flexibility index (Phi) is 6.71. The van der Waals surface area contributed by atoms with E-state index in [0.29, 0.717) is 31.9 Å². The number of thioether (sulfide) groups is 1. The highest BCUT2D eigenvalue weighted by atomic mass is 35.5. The van der Waals surface area contributed by atoms with E-state index in [2.05, 4.69) is 16.7 Å². The lowest BCUT2D eigenvalue weighted by molar-refractivity contribution is -0.121. The molecule has 2 amide bonds. The van der Waals surface area contributed by atoms with Crippen molar-refractivity contribution in [3.8, 4) is 6.07 Å². The molecule has 0 spiro atoms. The molecule has 0 radical (unpaired) electrons. The highest BCUT2D eigenvalue weighted by Gasteiger charge is 2.31. The second-order valence-electron chi connectivity index (χ2n) is 7.19. The molecule has 0 saturated heterocycles. The molecule has 32 heavy (non-hydrogen) atoms. The van der Waals surface area contributed by atoms with Crippen molar-refractivity contribution >= 4 is 63.2 Å². The number of nitrogens with zero attached hydrogens (tertiary/aromatic N) is 1. The van der Waals surface area contributed by atoms with E-state index < -0.39 is 5.92 Å². The SMILES string of the molecule is N#CC1=C(SCC(=O)Nc2cccc3ccccc23)NC(=O)C[C@H]1c1ccc(Cl)cc1Cl. The molecule has 8 heteroatoms. The Balaban J connectivity index is 1.54. The van der Waals surface area contributed by atoms with Gasteiger partial charge >= 0.3 is 0 Å². The standard InChI is InChI=1S/C24H17Cl2N3O2S/c25-15-8-9-17(20(26)10-15)18-11-22(30)29-24(19(18)12-27)32-13-23(31)28-21-7-3-5-14-4-1-2-6-16(14)21/h1-10,18H,11,13H2,(H,28,31)(H,29,30)/t18-/m0/s1. The fraction of sp³-hybridized carbons (Fsp3) is 0.125. The van der Waals surface area contributed by atoms with Crippen molar-refractivity contribution in [2.45, 2.75) is 12.3 Å². The van der Waals surface area contributed by atoms with Gasteiger partial charge in [-0.15, -0.1) is 0 Å². The number of allylic oxidation sites excluding steroid dienone is 1. The second kappa shape index (κ2) is 9.66. The van der Waals surface area contributed by atoms with Crippen LogP contribution in [0.25, 0.3) is 10.8 Å². The quantitative estimate of drug-likeness (QED) is 0.478. The van der Waals surface area contributed by atoms with E-state index in [9.17, 15) is 14.9 Å². The molecule has 0 unspecified atom stereocenters. The van der Waals surface area contributed by atoms with Crippen LogP contribution in [0.2, 0.25) is 10.0 Å². The number of benzene rings is 3. The number of carbonyl (C=O) groups excluding carboxylic acids is 2. The normalized spacial score (nSPS) is 15.9. The van der Waals surface area contributed by atoms with E-state index in [1.165, 1.54) is 0 Å². The molecule has 0 saturated carbocycles. The van der Waals surface area contributed by atoms with Crippen molar-refractivity contribution in [2.24, 2.45) is 0 Å². The zero-order valence-corrected chi connectivity index (χ0v) is 19.0. The van der Waals surface area contributed by atoms with Crippen molar-refractivity contribution < 1.29 is 9.59 Å². The van der Waals surface area contributed by atoms with Crippen LogP contribution >= 0.6 is 35.0 Å². The summed E-state index contributed by atoms with van der Waals surface area (Å²) >= 11 is 13.4. The predicted molar refractivity (Wildman–Crippen MR) is 130 cm³/mol.